The Kier molecular flexibility index (Phi) is 4.99. The summed E-state index contributed by atoms with van der Waals surface area (Å²) in [6.07, 6.45) is 0. The molecule has 0 aromatic heterocycles. The number of methoxy groups -OCH3 is 1. The molecule has 0 aliphatic rings. The van der Waals surface area contributed by atoms with Crippen LogP contribution < -0.4 is 10.1 Å². The smallest absolute Gasteiger partial charge is 0.123 e. The van der Waals surface area contributed by atoms with E-state index in [0.717, 1.165) is 16.9 Å². The molecule has 0 radical (unpaired) electrons. The SMILES string of the molecule is COc1ccc(C)cc1CNC(C)(CO)c1ccccc1. The third kappa shape index (κ3) is 3.63. The molecule has 0 saturated heterocycles. The van der Waals surface area contributed by atoms with Crippen molar-refractivity contribution >= 4 is 0 Å². The molecule has 1 atom stereocenters. The zero-order chi connectivity index (χ0) is 15.3. The van der Waals surface area contributed by atoms with Gasteiger partial charge in [0.1, 0.15) is 5.75 Å². The summed E-state index contributed by atoms with van der Waals surface area (Å²) < 4.78 is 5.40. The van der Waals surface area contributed by atoms with Gasteiger partial charge in [0.05, 0.1) is 19.3 Å². The van der Waals surface area contributed by atoms with Gasteiger partial charge < -0.3 is 15.2 Å². The van der Waals surface area contributed by atoms with E-state index in [1.807, 2.05) is 49.4 Å². The molecular weight excluding hydrogens is 262 g/mol. The standard InChI is InChI=1S/C18H23NO2/c1-14-9-10-17(21-3)15(11-14)12-19-18(2,13-20)16-7-5-4-6-8-16/h4-11,19-20H,12-13H2,1-3H3. The molecule has 0 aliphatic heterocycles. The quantitative estimate of drug-likeness (QED) is 0.857. The van der Waals surface area contributed by atoms with Gasteiger partial charge in [-0.15, -0.1) is 0 Å². The second-order valence-corrected chi connectivity index (χ2v) is 5.53. The molecule has 2 rings (SSSR count). The van der Waals surface area contributed by atoms with Gasteiger partial charge in [0.25, 0.3) is 0 Å². The molecule has 3 heteroatoms. The first-order chi connectivity index (χ1) is 10.1. The fourth-order valence-corrected chi connectivity index (χ4v) is 2.39. The summed E-state index contributed by atoms with van der Waals surface area (Å²) >= 11 is 0. The Balaban J connectivity index is 2.19. The summed E-state index contributed by atoms with van der Waals surface area (Å²) in [7, 11) is 1.68. The fourth-order valence-electron chi connectivity index (χ4n) is 2.39. The summed E-state index contributed by atoms with van der Waals surface area (Å²) in [5, 5.41) is 13.3. The number of benzene rings is 2. The minimum Gasteiger partial charge on any atom is -0.496 e. The highest BCUT2D eigenvalue weighted by Crippen LogP contribution is 2.24. The molecule has 21 heavy (non-hydrogen) atoms. The lowest BCUT2D eigenvalue weighted by Crippen LogP contribution is -2.42. The molecule has 0 fully saturated rings. The van der Waals surface area contributed by atoms with E-state index >= 15 is 0 Å². The summed E-state index contributed by atoms with van der Waals surface area (Å²) in [6.45, 7) is 4.73. The lowest BCUT2D eigenvalue weighted by Gasteiger charge is -2.30. The van der Waals surface area contributed by atoms with Gasteiger partial charge in [-0.1, -0.05) is 48.0 Å². The second-order valence-electron chi connectivity index (χ2n) is 5.53. The van der Waals surface area contributed by atoms with E-state index in [1.54, 1.807) is 7.11 Å². The first-order valence-corrected chi connectivity index (χ1v) is 7.14. The zero-order valence-electron chi connectivity index (χ0n) is 12.9. The number of hydrogen-bond acceptors (Lipinski definition) is 3. The Morgan fingerprint density at radius 1 is 1.14 bits per heavy atom. The van der Waals surface area contributed by atoms with Crippen molar-refractivity contribution in [1.29, 1.82) is 0 Å². The maximum Gasteiger partial charge on any atom is 0.123 e. The van der Waals surface area contributed by atoms with Crippen molar-refractivity contribution in [1.82, 2.24) is 5.32 Å². The molecule has 112 valence electrons. The van der Waals surface area contributed by atoms with Gasteiger partial charge in [-0.3, -0.25) is 0 Å². The van der Waals surface area contributed by atoms with Crippen LogP contribution in [0.1, 0.15) is 23.6 Å². The van der Waals surface area contributed by atoms with E-state index in [-0.39, 0.29) is 6.61 Å². The molecule has 2 aromatic carbocycles. The van der Waals surface area contributed by atoms with Gasteiger partial charge in [0.15, 0.2) is 0 Å². The number of hydrogen-bond donors (Lipinski definition) is 2. The van der Waals surface area contributed by atoms with Crippen LogP contribution >= 0.6 is 0 Å². The molecule has 0 heterocycles. The number of aryl methyl sites for hydroxylation is 1. The van der Waals surface area contributed by atoms with Crippen LogP contribution in [0.25, 0.3) is 0 Å². The maximum absolute atomic E-state index is 9.80. The van der Waals surface area contributed by atoms with Crippen molar-refractivity contribution < 1.29 is 9.84 Å². The molecule has 0 saturated carbocycles. The topological polar surface area (TPSA) is 41.5 Å². The first kappa shape index (κ1) is 15.5. The lowest BCUT2D eigenvalue weighted by molar-refractivity contribution is 0.173. The van der Waals surface area contributed by atoms with E-state index < -0.39 is 5.54 Å². The highest BCUT2D eigenvalue weighted by Gasteiger charge is 2.25. The predicted octanol–water partition coefficient (Wildman–Crippen LogP) is 3.00. The average molecular weight is 285 g/mol. The largest absolute Gasteiger partial charge is 0.496 e. The fraction of sp³-hybridized carbons (Fsp3) is 0.333. The highest BCUT2D eigenvalue weighted by atomic mass is 16.5. The van der Waals surface area contributed by atoms with Crippen molar-refractivity contribution in [2.45, 2.75) is 25.9 Å². The summed E-state index contributed by atoms with van der Waals surface area (Å²) in [4.78, 5) is 0. The van der Waals surface area contributed by atoms with Gasteiger partial charge in [-0.2, -0.15) is 0 Å². The first-order valence-electron chi connectivity index (χ1n) is 7.14. The predicted molar refractivity (Wildman–Crippen MR) is 85.5 cm³/mol. The van der Waals surface area contributed by atoms with Gasteiger partial charge in [0.2, 0.25) is 0 Å². The van der Waals surface area contributed by atoms with Crippen molar-refractivity contribution in [3.63, 3.8) is 0 Å². The van der Waals surface area contributed by atoms with Gasteiger partial charge in [-0.05, 0) is 25.5 Å². The zero-order valence-corrected chi connectivity index (χ0v) is 12.9. The molecule has 2 aromatic rings. The Hall–Kier alpha value is -1.84. The summed E-state index contributed by atoms with van der Waals surface area (Å²) in [6, 6.07) is 16.1. The second kappa shape index (κ2) is 6.74. The minimum atomic E-state index is -0.476. The Labute approximate surface area is 126 Å². The monoisotopic (exact) mass is 285 g/mol. The van der Waals surface area contributed by atoms with Crippen molar-refractivity contribution in [3.8, 4) is 5.75 Å². The van der Waals surface area contributed by atoms with Crippen LogP contribution in [0.3, 0.4) is 0 Å². The van der Waals surface area contributed by atoms with Crippen LogP contribution in [-0.2, 0) is 12.1 Å². The van der Waals surface area contributed by atoms with Crippen molar-refractivity contribution in [3.05, 3.63) is 65.2 Å². The Morgan fingerprint density at radius 3 is 2.48 bits per heavy atom. The lowest BCUT2D eigenvalue weighted by atomic mass is 9.92. The van der Waals surface area contributed by atoms with Crippen LogP contribution in [0.15, 0.2) is 48.5 Å². The van der Waals surface area contributed by atoms with Crippen molar-refractivity contribution in [2.75, 3.05) is 13.7 Å². The normalized spacial score (nSPS) is 13.7. The number of nitrogens with one attached hydrogen (secondary N) is 1. The van der Waals surface area contributed by atoms with Crippen LogP contribution in [0.2, 0.25) is 0 Å². The van der Waals surface area contributed by atoms with Crippen LogP contribution in [0, 0.1) is 6.92 Å². The average Bonchev–Trinajstić information content (AvgIpc) is 2.53. The highest BCUT2D eigenvalue weighted by molar-refractivity contribution is 5.37. The third-order valence-electron chi connectivity index (χ3n) is 3.83. The Bertz CT molecular complexity index is 583. The molecule has 0 aliphatic carbocycles. The van der Waals surface area contributed by atoms with E-state index in [9.17, 15) is 5.11 Å². The van der Waals surface area contributed by atoms with Gasteiger partial charge >= 0.3 is 0 Å². The molecule has 0 spiro atoms. The Morgan fingerprint density at radius 2 is 1.86 bits per heavy atom. The number of rotatable bonds is 6. The molecule has 0 bridgehead atoms. The van der Waals surface area contributed by atoms with E-state index in [0.29, 0.717) is 6.54 Å². The molecule has 3 nitrogen and oxygen atoms in total. The number of aliphatic hydroxyl groups is 1. The summed E-state index contributed by atoms with van der Waals surface area (Å²) in [5.41, 5.74) is 2.88. The molecule has 2 N–H and O–H groups in total. The van der Waals surface area contributed by atoms with Gasteiger partial charge in [0, 0.05) is 12.1 Å². The van der Waals surface area contributed by atoms with Crippen LogP contribution in [0.5, 0.6) is 5.75 Å². The number of ether oxygens (including phenoxy) is 1. The molecule has 1 unspecified atom stereocenters. The summed E-state index contributed by atoms with van der Waals surface area (Å²) in [5.74, 6) is 0.862. The minimum absolute atomic E-state index is 0.0329. The number of aliphatic hydroxyl groups excluding tert-OH is 1. The third-order valence-corrected chi connectivity index (χ3v) is 3.83. The van der Waals surface area contributed by atoms with Crippen LogP contribution in [0.4, 0.5) is 0 Å². The van der Waals surface area contributed by atoms with E-state index in [2.05, 4.69) is 18.3 Å². The van der Waals surface area contributed by atoms with Gasteiger partial charge in [-0.25, -0.2) is 0 Å². The van der Waals surface area contributed by atoms with E-state index in [4.69, 9.17) is 4.74 Å². The van der Waals surface area contributed by atoms with Crippen LogP contribution in [-0.4, -0.2) is 18.8 Å². The van der Waals surface area contributed by atoms with Crippen molar-refractivity contribution in [2.24, 2.45) is 0 Å². The van der Waals surface area contributed by atoms with E-state index in [1.165, 1.54) is 5.56 Å². The molecular formula is C18H23NO2. The molecule has 0 amide bonds. The maximum atomic E-state index is 9.80.